The molecule has 2 aromatic carbocycles. The summed E-state index contributed by atoms with van der Waals surface area (Å²) >= 11 is 0. The van der Waals surface area contributed by atoms with E-state index in [1.807, 2.05) is 42.5 Å². The molecule has 0 aromatic heterocycles. The first-order valence-electron chi connectivity index (χ1n) is 6.11. The number of hydrogen-bond acceptors (Lipinski definition) is 3. The van der Waals surface area contributed by atoms with Crippen LogP contribution in [0.5, 0.6) is 0 Å². The van der Waals surface area contributed by atoms with E-state index in [1.54, 1.807) is 12.1 Å². The third kappa shape index (κ3) is 2.16. The molecule has 2 aromatic rings. The number of aliphatic hydroxyl groups excluding tert-OH is 1. The van der Waals surface area contributed by atoms with Crippen molar-refractivity contribution < 1.29 is 9.90 Å². The quantitative estimate of drug-likeness (QED) is 0.637. The van der Waals surface area contributed by atoms with Crippen LogP contribution in [0.15, 0.2) is 60.7 Å². The van der Waals surface area contributed by atoms with Crippen molar-refractivity contribution in [3.05, 3.63) is 71.8 Å². The summed E-state index contributed by atoms with van der Waals surface area (Å²) in [5.41, 5.74) is 2.96. The van der Waals surface area contributed by atoms with Crippen LogP contribution < -0.4 is 5.32 Å². The number of allylic oxidation sites excluding steroid dienone is 1. The van der Waals surface area contributed by atoms with E-state index in [0.717, 1.165) is 11.3 Å². The predicted molar refractivity (Wildman–Crippen MR) is 74.8 cm³/mol. The number of carbonyl (C=O) groups excluding carboxylic acids is 1. The summed E-state index contributed by atoms with van der Waals surface area (Å²) < 4.78 is 0. The van der Waals surface area contributed by atoms with Crippen LogP contribution in [0.1, 0.15) is 15.9 Å². The minimum Gasteiger partial charge on any atom is -0.369 e. The first-order valence-corrected chi connectivity index (χ1v) is 6.11. The van der Waals surface area contributed by atoms with Gasteiger partial charge in [-0.05, 0) is 12.1 Å². The highest BCUT2D eigenvalue weighted by atomic mass is 16.3. The average molecular weight is 251 g/mol. The van der Waals surface area contributed by atoms with E-state index in [2.05, 4.69) is 5.32 Å². The van der Waals surface area contributed by atoms with Gasteiger partial charge in [0.1, 0.15) is 0 Å². The van der Waals surface area contributed by atoms with E-state index in [9.17, 15) is 9.90 Å². The van der Waals surface area contributed by atoms with Gasteiger partial charge in [-0.2, -0.15) is 0 Å². The molecule has 0 saturated carbocycles. The molecule has 3 rings (SSSR count). The molecule has 19 heavy (non-hydrogen) atoms. The highest BCUT2D eigenvalue weighted by Crippen LogP contribution is 2.33. The number of ketones is 1. The number of para-hydroxylation sites is 1. The number of anilines is 1. The lowest BCUT2D eigenvalue weighted by Gasteiger charge is -2.05. The van der Waals surface area contributed by atoms with Crippen molar-refractivity contribution in [2.45, 2.75) is 6.23 Å². The van der Waals surface area contributed by atoms with E-state index in [4.69, 9.17) is 0 Å². The molecule has 1 aliphatic rings. The van der Waals surface area contributed by atoms with Crippen LogP contribution in [-0.4, -0.2) is 17.1 Å². The Morgan fingerprint density at radius 1 is 1.05 bits per heavy atom. The SMILES string of the molecule is O=C(/C=C1\c2ccccc2NC1O)c1ccccc1. The first-order chi connectivity index (χ1) is 9.25. The fourth-order valence-corrected chi connectivity index (χ4v) is 2.22. The zero-order chi connectivity index (χ0) is 13.2. The zero-order valence-corrected chi connectivity index (χ0v) is 10.2. The highest BCUT2D eigenvalue weighted by Gasteiger charge is 2.24. The minimum atomic E-state index is -0.829. The standard InChI is InChI=1S/C16H13NO2/c18-15(11-6-2-1-3-7-11)10-13-12-8-4-5-9-14(12)17-16(13)19/h1-10,16-17,19H/b13-10+. The third-order valence-electron chi connectivity index (χ3n) is 3.17. The second kappa shape index (κ2) is 4.71. The maximum absolute atomic E-state index is 12.1. The molecule has 3 heteroatoms. The number of carbonyl (C=O) groups is 1. The number of aliphatic hydroxyl groups is 1. The van der Waals surface area contributed by atoms with E-state index in [-0.39, 0.29) is 5.78 Å². The molecule has 2 N–H and O–H groups in total. The lowest BCUT2D eigenvalue weighted by atomic mass is 10.0. The summed E-state index contributed by atoms with van der Waals surface area (Å²) in [6, 6.07) is 16.6. The lowest BCUT2D eigenvalue weighted by molar-refractivity contribution is 0.104. The number of benzene rings is 2. The topological polar surface area (TPSA) is 49.3 Å². The number of rotatable bonds is 2. The molecule has 0 radical (unpaired) electrons. The van der Waals surface area contributed by atoms with Gasteiger partial charge in [-0.3, -0.25) is 4.79 Å². The van der Waals surface area contributed by atoms with Crippen LogP contribution in [-0.2, 0) is 0 Å². The molecule has 1 unspecified atom stereocenters. The van der Waals surface area contributed by atoms with Gasteiger partial charge in [0.15, 0.2) is 12.0 Å². The number of hydrogen-bond donors (Lipinski definition) is 2. The van der Waals surface area contributed by atoms with Gasteiger partial charge in [0.05, 0.1) is 0 Å². The van der Waals surface area contributed by atoms with Crippen molar-refractivity contribution in [2.75, 3.05) is 5.32 Å². The second-order valence-electron chi connectivity index (χ2n) is 4.42. The smallest absolute Gasteiger partial charge is 0.186 e. The largest absolute Gasteiger partial charge is 0.369 e. The molecular weight excluding hydrogens is 238 g/mol. The summed E-state index contributed by atoms with van der Waals surface area (Å²) in [6.07, 6.45) is 0.670. The summed E-state index contributed by atoms with van der Waals surface area (Å²) in [4.78, 5) is 12.1. The van der Waals surface area contributed by atoms with Gasteiger partial charge in [-0.15, -0.1) is 0 Å². The summed E-state index contributed by atoms with van der Waals surface area (Å²) in [5, 5.41) is 12.9. The van der Waals surface area contributed by atoms with Crippen LogP contribution >= 0.6 is 0 Å². The molecule has 0 amide bonds. The summed E-state index contributed by atoms with van der Waals surface area (Å²) in [7, 11) is 0. The Labute approximate surface area is 111 Å². The van der Waals surface area contributed by atoms with Crippen LogP contribution in [0.25, 0.3) is 5.57 Å². The highest BCUT2D eigenvalue weighted by molar-refractivity contribution is 6.10. The zero-order valence-electron chi connectivity index (χ0n) is 10.2. The fraction of sp³-hybridized carbons (Fsp3) is 0.0625. The van der Waals surface area contributed by atoms with Crippen molar-refractivity contribution in [1.82, 2.24) is 0 Å². The molecule has 3 nitrogen and oxygen atoms in total. The van der Waals surface area contributed by atoms with Crippen LogP contribution in [0.2, 0.25) is 0 Å². The third-order valence-corrected chi connectivity index (χ3v) is 3.17. The molecule has 0 bridgehead atoms. The molecule has 1 heterocycles. The van der Waals surface area contributed by atoms with E-state index < -0.39 is 6.23 Å². The van der Waals surface area contributed by atoms with Crippen molar-refractivity contribution in [1.29, 1.82) is 0 Å². The van der Waals surface area contributed by atoms with E-state index in [1.165, 1.54) is 6.08 Å². The van der Waals surface area contributed by atoms with E-state index >= 15 is 0 Å². The Bertz CT molecular complexity index is 647. The Morgan fingerprint density at radius 2 is 1.74 bits per heavy atom. The number of nitrogens with one attached hydrogen (secondary N) is 1. The van der Waals surface area contributed by atoms with Gasteiger partial charge >= 0.3 is 0 Å². The average Bonchev–Trinajstić information content (AvgIpc) is 2.76. The Morgan fingerprint density at radius 3 is 2.53 bits per heavy atom. The lowest BCUT2D eigenvalue weighted by Crippen LogP contribution is -2.13. The van der Waals surface area contributed by atoms with Crippen LogP contribution in [0.3, 0.4) is 0 Å². The molecule has 1 atom stereocenters. The maximum atomic E-state index is 12.1. The monoisotopic (exact) mass is 251 g/mol. The molecule has 0 spiro atoms. The Hall–Kier alpha value is -2.39. The number of fused-ring (bicyclic) bond motifs is 1. The van der Waals surface area contributed by atoms with Gasteiger partial charge in [0.2, 0.25) is 0 Å². The van der Waals surface area contributed by atoms with Gasteiger partial charge in [-0.25, -0.2) is 0 Å². The minimum absolute atomic E-state index is 0.104. The van der Waals surface area contributed by atoms with Gasteiger partial charge in [0, 0.05) is 22.4 Å². The predicted octanol–water partition coefficient (Wildman–Crippen LogP) is 2.70. The molecule has 1 aliphatic heterocycles. The molecular formula is C16H13NO2. The van der Waals surface area contributed by atoms with E-state index in [0.29, 0.717) is 11.1 Å². The van der Waals surface area contributed by atoms with Crippen molar-refractivity contribution in [3.63, 3.8) is 0 Å². The van der Waals surface area contributed by atoms with Gasteiger partial charge in [-0.1, -0.05) is 48.5 Å². The molecule has 0 aliphatic carbocycles. The summed E-state index contributed by atoms with van der Waals surface area (Å²) in [5.74, 6) is -0.104. The second-order valence-corrected chi connectivity index (χ2v) is 4.42. The normalized spacial score (nSPS) is 19.0. The Balaban J connectivity index is 1.98. The van der Waals surface area contributed by atoms with Crippen LogP contribution in [0, 0.1) is 0 Å². The summed E-state index contributed by atoms with van der Waals surface area (Å²) in [6.45, 7) is 0. The molecule has 94 valence electrons. The van der Waals surface area contributed by atoms with Gasteiger partial charge in [0.25, 0.3) is 0 Å². The van der Waals surface area contributed by atoms with Crippen molar-refractivity contribution in [3.8, 4) is 0 Å². The van der Waals surface area contributed by atoms with Crippen molar-refractivity contribution >= 4 is 17.0 Å². The first kappa shape index (κ1) is 11.7. The van der Waals surface area contributed by atoms with Crippen molar-refractivity contribution in [2.24, 2.45) is 0 Å². The molecule has 0 fully saturated rings. The van der Waals surface area contributed by atoms with Crippen LogP contribution in [0.4, 0.5) is 5.69 Å². The maximum Gasteiger partial charge on any atom is 0.186 e. The fourth-order valence-electron chi connectivity index (χ4n) is 2.22. The van der Waals surface area contributed by atoms with Gasteiger partial charge < -0.3 is 10.4 Å². The Kier molecular flexibility index (Phi) is 2.89. The molecule has 0 saturated heterocycles.